The standard InChI is InChI=1S/C29H32Cl2FN3O4S/c1-4-27(29(37)33-17-20(2)3)34(18-21-10-11-22(30)16-26(21)31)28(36)19-35(24-8-6-5-7-9-24)40(38,39)25-14-12-23(32)13-15-25/h5-16,20,27H,4,17-19H2,1-3H3,(H,33,37). The zero-order valence-electron chi connectivity index (χ0n) is 22.5. The fraction of sp³-hybridized carbons (Fsp3) is 0.310. The second-order valence-electron chi connectivity index (χ2n) is 9.62. The number of nitrogens with one attached hydrogen (secondary N) is 1. The van der Waals surface area contributed by atoms with E-state index in [1.54, 1.807) is 49.4 Å². The summed E-state index contributed by atoms with van der Waals surface area (Å²) in [5.74, 6) is -1.38. The predicted molar refractivity (Wildman–Crippen MR) is 156 cm³/mol. The molecule has 0 aliphatic rings. The van der Waals surface area contributed by atoms with E-state index in [-0.39, 0.29) is 35.4 Å². The van der Waals surface area contributed by atoms with Gasteiger partial charge in [0, 0.05) is 23.1 Å². The summed E-state index contributed by atoms with van der Waals surface area (Å²) in [6.45, 7) is 5.43. The summed E-state index contributed by atoms with van der Waals surface area (Å²) in [7, 11) is -4.29. The number of hydrogen-bond donors (Lipinski definition) is 1. The fourth-order valence-electron chi connectivity index (χ4n) is 4.03. The van der Waals surface area contributed by atoms with E-state index in [2.05, 4.69) is 5.32 Å². The van der Waals surface area contributed by atoms with Crippen molar-refractivity contribution in [2.75, 3.05) is 17.4 Å². The molecule has 1 unspecified atom stereocenters. The molecule has 40 heavy (non-hydrogen) atoms. The molecule has 0 fully saturated rings. The Labute approximate surface area is 244 Å². The highest BCUT2D eigenvalue weighted by Crippen LogP contribution is 2.27. The molecular weight excluding hydrogens is 576 g/mol. The van der Waals surface area contributed by atoms with Gasteiger partial charge in [0.25, 0.3) is 10.0 Å². The Morgan fingerprint density at radius 1 is 0.975 bits per heavy atom. The molecule has 2 amide bonds. The molecule has 11 heteroatoms. The minimum Gasteiger partial charge on any atom is -0.354 e. The Bertz CT molecular complexity index is 1420. The molecule has 0 saturated carbocycles. The van der Waals surface area contributed by atoms with Gasteiger partial charge in [0.2, 0.25) is 11.8 Å². The summed E-state index contributed by atoms with van der Waals surface area (Å²) in [6.07, 6.45) is 0.275. The molecule has 0 radical (unpaired) electrons. The minimum atomic E-state index is -4.29. The van der Waals surface area contributed by atoms with Crippen molar-refractivity contribution in [3.63, 3.8) is 0 Å². The molecule has 0 spiro atoms. The molecule has 7 nitrogen and oxygen atoms in total. The number of benzene rings is 3. The van der Waals surface area contributed by atoms with Crippen molar-refractivity contribution in [2.24, 2.45) is 5.92 Å². The van der Waals surface area contributed by atoms with Crippen LogP contribution in [0.25, 0.3) is 0 Å². The molecule has 214 valence electrons. The summed E-state index contributed by atoms with van der Waals surface area (Å²) in [4.78, 5) is 28.4. The van der Waals surface area contributed by atoms with Crippen LogP contribution in [0, 0.1) is 11.7 Å². The van der Waals surface area contributed by atoms with E-state index in [4.69, 9.17) is 23.2 Å². The van der Waals surface area contributed by atoms with Crippen LogP contribution in [0.1, 0.15) is 32.8 Å². The third-order valence-electron chi connectivity index (χ3n) is 6.15. The van der Waals surface area contributed by atoms with Crippen LogP contribution in [0.15, 0.2) is 77.7 Å². The highest BCUT2D eigenvalue weighted by molar-refractivity contribution is 7.92. The smallest absolute Gasteiger partial charge is 0.264 e. The van der Waals surface area contributed by atoms with Gasteiger partial charge in [-0.2, -0.15) is 0 Å². The molecule has 3 aromatic rings. The van der Waals surface area contributed by atoms with Gasteiger partial charge in [-0.1, -0.05) is 68.2 Å². The molecule has 0 aliphatic heterocycles. The van der Waals surface area contributed by atoms with E-state index in [9.17, 15) is 22.4 Å². The van der Waals surface area contributed by atoms with Crippen molar-refractivity contribution in [1.82, 2.24) is 10.2 Å². The first-order chi connectivity index (χ1) is 18.9. The largest absolute Gasteiger partial charge is 0.354 e. The fourth-order valence-corrected chi connectivity index (χ4v) is 5.91. The molecule has 1 atom stereocenters. The number of rotatable bonds is 12. The Balaban J connectivity index is 2.04. The van der Waals surface area contributed by atoms with Crippen LogP contribution < -0.4 is 9.62 Å². The topological polar surface area (TPSA) is 86.8 Å². The molecule has 0 heterocycles. The monoisotopic (exact) mass is 607 g/mol. The van der Waals surface area contributed by atoms with Gasteiger partial charge >= 0.3 is 0 Å². The summed E-state index contributed by atoms with van der Waals surface area (Å²) < 4.78 is 42.0. The van der Waals surface area contributed by atoms with Crippen molar-refractivity contribution in [3.8, 4) is 0 Å². The third-order valence-corrected chi connectivity index (χ3v) is 8.53. The number of para-hydroxylation sites is 1. The molecule has 3 rings (SSSR count). The summed E-state index contributed by atoms with van der Waals surface area (Å²) in [5.41, 5.74) is 0.782. The number of halogens is 3. The van der Waals surface area contributed by atoms with Crippen molar-refractivity contribution in [2.45, 2.75) is 44.7 Å². The molecule has 0 bridgehead atoms. The van der Waals surface area contributed by atoms with Crippen LogP contribution in [0.5, 0.6) is 0 Å². The average Bonchev–Trinajstić information content (AvgIpc) is 2.92. The normalized spacial score (nSPS) is 12.2. The first kappa shape index (κ1) is 31.4. The summed E-state index contributed by atoms with van der Waals surface area (Å²) in [6, 6.07) is 16.4. The van der Waals surface area contributed by atoms with Gasteiger partial charge in [-0.05, 0) is 66.4 Å². The van der Waals surface area contributed by atoms with Crippen molar-refractivity contribution in [1.29, 1.82) is 0 Å². The van der Waals surface area contributed by atoms with Gasteiger partial charge in [-0.25, -0.2) is 12.8 Å². The lowest BCUT2D eigenvalue weighted by atomic mass is 10.1. The highest BCUT2D eigenvalue weighted by atomic mass is 35.5. The lowest BCUT2D eigenvalue weighted by Crippen LogP contribution is -2.52. The number of carbonyl (C=O) groups is 2. The maximum absolute atomic E-state index is 14.0. The van der Waals surface area contributed by atoms with Crippen LogP contribution in [0.2, 0.25) is 10.0 Å². The SMILES string of the molecule is CCC(C(=O)NCC(C)C)N(Cc1ccc(Cl)cc1Cl)C(=O)CN(c1ccccc1)S(=O)(=O)c1ccc(F)cc1. The van der Waals surface area contributed by atoms with Crippen LogP contribution in [0.4, 0.5) is 10.1 Å². The Hall–Kier alpha value is -3.14. The van der Waals surface area contributed by atoms with E-state index in [1.807, 2.05) is 13.8 Å². The molecule has 3 aromatic carbocycles. The molecular formula is C29H32Cl2FN3O4S. The Morgan fingerprint density at radius 2 is 1.62 bits per heavy atom. The number of amides is 2. The number of nitrogens with zero attached hydrogens (tertiary/aromatic N) is 2. The van der Waals surface area contributed by atoms with Gasteiger partial charge in [0.1, 0.15) is 18.4 Å². The van der Waals surface area contributed by atoms with Crippen molar-refractivity contribution < 1.29 is 22.4 Å². The zero-order valence-corrected chi connectivity index (χ0v) is 24.8. The van der Waals surface area contributed by atoms with Gasteiger partial charge in [0.05, 0.1) is 10.6 Å². The highest BCUT2D eigenvalue weighted by Gasteiger charge is 2.34. The van der Waals surface area contributed by atoms with E-state index < -0.39 is 34.3 Å². The van der Waals surface area contributed by atoms with Crippen LogP contribution in [0.3, 0.4) is 0 Å². The number of carbonyl (C=O) groups excluding carboxylic acids is 2. The van der Waals surface area contributed by atoms with Gasteiger partial charge < -0.3 is 10.2 Å². The summed E-state index contributed by atoms with van der Waals surface area (Å²) in [5, 5.41) is 3.59. The first-order valence-electron chi connectivity index (χ1n) is 12.8. The Kier molecular flexibility index (Phi) is 11.0. The van der Waals surface area contributed by atoms with Crippen LogP contribution >= 0.6 is 23.2 Å². The van der Waals surface area contributed by atoms with Gasteiger partial charge in [-0.15, -0.1) is 0 Å². The van der Waals surface area contributed by atoms with Gasteiger partial charge in [0.15, 0.2) is 0 Å². The minimum absolute atomic E-state index is 0.0539. The Morgan fingerprint density at radius 3 is 2.20 bits per heavy atom. The number of hydrogen-bond acceptors (Lipinski definition) is 4. The second kappa shape index (κ2) is 14.0. The molecule has 1 N–H and O–H groups in total. The van der Waals surface area contributed by atoms with Crippen molar-refractivity contribution in [3.05, 3.63) is 94.2 Å². The van der Waals surface area contributed by atoms with E-state index in [1.165, 1.54) is 11.0 Å². The quantitative estimate of drug-likeness (QED) is 0.277. The lowest BCUT2D eigenvalue weighted by Gasteiger charge is -2.33. The molecule has 0 saturated heterocycles. The van der Waals surface area contributed by atoms with Crippen LogP contribution in [-0.4, -0.2) is 44.3 Å². The van der Waals surface area contributed by atoms with Gasteiger partial charge in [-0.3, -0.25) is 13.9 Å². The summed E-state index contributed by atoms with van der Waals surface area (Å²) >= 11 is 12.5. The maximum atomic E-state index is 14.0. The lowest BCUT2D eigenvalue weighted by molar-refractivity contribution is -0.140. The average molecular weight is 609 g/mol. The first-order valence-corrected chi connectivity index (χ1v) is 15.0. The van der Waals surface area contributed by atoms with E-state index in [0.717, 1.165) is 28.6 Å². The van der Waals surface area contributed by atoms with E-state index >= 15 is 0 Å². The second-order valence-corrected chi connectivity index (χ2v) is 12.3. The zero-order chi connectivity index (χ0) is 29.4. The number of sulfonamides is 1. The third kappa shape index (κ3) is 7.96. The van der Waals surface area contributed by atoms with E-state index in [0.29, 0.717) is 22.2 Å². The predicted octanol–water partition coefficient (Wildman–Crippen LogP) is 5.91. The maximum Gasteiger partial charge on any atom is 0.264 e. The molecule has 0 aliphatic carbocycles. The number of anilines is 1. The molecule has 0 aromatic heterocycles. The van der Waals surface area contributed by atoms with Crippen molar-refractivity contribution >= 4 is 50.7 Å². The van der Waals surface area contributed by atoms with Crippen LogP contribution in [-0.2, 0) is 26.2 Å².